The van der Waals surface area contributed by atoms with Crippen molar-refractivity contribution >= 4 is 23.7 Å². The van der Waals surface area contributed by atoms with Crippen LogP contribution in [0.25, 0.3) is 0 Å². The molecule has 32 heavy (non-hydrogen) atoms. The van der Waals surface area contributed by atoms with Gasteiger partial charge in [-0.1, -0.05) is 44.2 Å². The van der Waals surface area contributed by atoms with Crippen LogP contribution in [0, 0.1) is 5.92 Å². The molecule has 3 amide bonds. The first-order valence-corrected chi connectivity index (χ1v) is 10.8. The highest BCUT2D eigenvalue weighted by Gasteiger charge is 2.27. The van der Waals surface area contributed by atoms with Gasteiger partial charge in [-0.25, -0.2) is 5.43 Å². The summed E-state index contributed by atoms with van der Waals surface area (Å²) in [5.41, 5.74) is 5.26. The molecule has 0 bridgehead atoms. The fraction of sp³-hybridized carbons (Fsp3) is 0.565. The van der Waals surface area contributed by atoms with Gasteiger partial charge >= 0.3 is 5.97 Å². The van der Waals surface area contributed by atoms with E-state index >= 15 is 0 Å². The normalized spacial score (nSPS) is 13.1. The Kier molecular flexibility index (Phi) is 10.8. The van der Waals surface area contributed by atoms with Gasteiger partial charge in [-0.15, -0.1) is 0 Å². The zero-order valence-corrected chi connectivity index (χ0v) is 19.8. The van der Waals surface area contributed by atoms with Crippen molar-refractivity contribution < 1.29 is 23.9 Å². The maximum Gasteiger partial charge on any atom is 0.322 e. The minimum Gasteiger partial charge on any atom is -0.459 e. The molecule has 1 aromatic rings. The van der Waals surface area contributed by atoms with Crippen LogP contribution >= 0.6 is 0 Å². The predicted octanol–water partition coefficient (Wildman–Crippen LogP) is 1.23. The molecule has 0 aromatic heterocycles. The van der Waals surface area contributed by atoms with E-state index in [1.165, 1.54) is 6.92 Å². The maximum absolute atomic E-state index is 12.6. The molecule has 9 heteroatoms. The number of ether oxygens (including phenoxy) is 1. The molecule has 0 spiro atoms. The number of benzene rings is 1. The van der Waals surface area contributed by atoms with Gasteiger partial charge in [0.2, 0.25) is 11.8 Å². The van der Waals surface area contributed by atoms with Crippen LogP contribution in [0.3, 0.4) is 0 Å². The Balaban J connectivity index is 2.48. The molecule has 0 aliphatic heterocycles. The zero-order chi connectivity index (χ0) is 24.3. The Morgan fingerprint density at radius 3 is 2.12 bits per heavy atom. The molecule has 2 atom stereocenters. The lowest BCUT2D eigenvalue weighted by Gasteiger charge is -2.24. The topological polar surface area (TPSA) is 126 Å². The van der Waals surface area contributed by atoms with Gasteiger partial charge in [0.05, 0.1) is 0 Å². The van der Waals surface area contributed by atoms with Gasteiger partial charge in [-0.2, -0.15) is 0 Å². The molecule has 0 aliphatic rings. The van der Waals surface area contributed by atoms with E-state index in [0.717, 1.165) is 5.56 Å². The largest absolute Gasteiger partial charge is 0.459 e. The number of amides is 3. The molecular weight excluding hydrogens is 412 g/mol. The third-order valence-electron chi connectivity index (χ3n) is 4.37. The average molecular weight is 449 g/mol. The van der Waals surface area contributed by atoms with Crippen molar-refractivity contribution in [2.45, 2.75) is 72.1 Å². The van der Waals surface area contributed by atoms with Crippen molar-refractivity contribution in [2.75, 3.05) is 6.54 Å². The van der Waals surface area contributed by atoms with E-state index in [4.69, 9.17) is 4.74 Å². The van der Waals surface area contributed by atoms with Gasteiger partial charge in [0.15, 0.2) is 0 Å². The van der Waals surface area contributed by atoms with Crippen LogP contribution in [0.4, 0.5) is 0 Å². The van der Waals surface area contributed by atoms with Gasteiger partial charge < -0.3 is 15.4 Å². The van der Waals surface area contributed by atoms with Gasteiger partial charge in [-0.3, -0.25) is 24.6 Å². The number of carbonyl (C=O) groups is 4. The minimum atomic E-state index is -0.879. The fourth-order valence-corrected chi connectivity index (χ4v) is 2.74. The van der Waals surface area contributed by atoms with Gasteiger partial charge in [-0.05, 0) is 45.6 Å². The average Bonchev–Trinajstić information content (AvgIpc) is 2.69. The number of rotatable bonds is 11. The molecular formula is C23H36N4O5. The molecule has 4 N–H and O–H groups in total. The van der Waals surface area contributed by atoms with Gasteiger partial charge in [0.25, 0.3) is 5.91 Å². The molecule has 0 unspecified atom stereocenters. The predicted molar refractivity (Wildman–Crippen MR) is 121 cm³/mol. The lowest BCUT2D eigenvalue weighted by atomic mass is 10.0. The molecule has 0 aliphatic carbocycles. The minimum absolute atomic E-state index is 0.170. The molecule has 9 nitrogen and oxygen atoms in total. The summed E-state index contributed by atoms with van der Waals surface area (Å²) < 4.78 is 5.12. The Hall–Kier alpha value is -2.94. The SMILES string of the molecule is CC(C)[C@H](NC(=O)CCc1ccccc1)C(=O)N[C@@H](C)C(=O)NNCC(=O)OC(C)(C)C. The van der Waals surface area contributed by atoms with Crippen LogP contribution < -0.4 is 21.5 Å². The molecule has 0 saturated heterocycles. The first-order valence-electron chi connectivity index (χ1n) is 10.8. The van der Waals surface area contributed by atoms with Crippen LogP contribution in [-0.4, -0.2) is 47.9 Å². The highest BCUT2D eigenvalue weighted by molar-refractivity contribution is 5.92. The van der Waals surface area contributed by atoms with E-state index in [0.29, 0.717) is 6.42 Å². The van der Waals surface area contributed by atoms with E-state index in [9.17, 15) is 19.2 Å². The quantitative estimate of drug-likeness (QED) is 0.298. The Labute approximate surface area is 190 Å². The van der Waals surface area contributed by atoms with Crippen molar-refractivity contribution in [2.24, 2.45) is 5.92 Å². The molecule has 178 valence electrons. The van der Waals surface area contributed by atoms with E-state index < -0.39 is 35.5 Å². The molecule has 1 rings (SSSR count). The van der Waals surface area contributed by atoms with E-state index in [-0.39, 0.29) is 24.8 Å². The van der Waals surface area contributed by atoms with Crippen LogP contribution in [-0.2, 0) is 30.3 Å². The van der Waals surface area contributed by atoms with Crippen molar-refractivity contribution in [3.8, 4) is 0 Å². The van der Waals surface area contributed by atoms with Crippen molar-refractivity contribution in [1.29, 1.82) is 0 Å². The van der Waals surface area contributed by atoms with Crippen molar-refractivity contribution in [1.82, 2.24) is 21.5 Å². The molecule has 1 aromatic carbocycles. The Morgan fingerprint density at radius 1 is 0.938 bits per heavy atom. The number of hydrogen-bond acceptors (Lipinski definition) is 6. The van der Waals surface area contributed by atoms with Crippen molar-refractivity contribution in [3.63, 3.8) is 0 Å². The number of carbonyl (C=O) groups excluding carboxylic acids is 4. The second-order valence-electron chi connectivity index (χ2n) is 8.93. The summed E-state index contributed by atoms with van der Waals surface area (Å²) in [5, 5.41) is 5.35. The summed E-state index contributed by atoms with van der Waals surface area (Å²) in [6, 6.07) is 7.96. The second-order valence-corrected chi connectivity index (χ2v) is 8.93. The first-order chi connectivity index (χ1) is 14.9. The van der Waals surface area contributed by atoms with Gasteiger partial charge in [0.1, 0.15) is 24.2 Å². The number of esters is 1. The summed E-state index contributed by atoms with van der Waals surface area (Å²) in [5.74, 6) is -1.91. The van der Waals surface area contributed by atoms with Gasteiger partial charge in [0, 0.05) is 6.42 Å². The standard InChI is InChI=1S/C23H36N4O5/c1-15(2)20(26-18(28)13-12-17-10-8-7-9-11-17)22(31)25-16(3)21(30)27-24-14-19(29)32-23(4,5)6/h7-11,15-16,20,24H,12-14H2,1-6H3,(H,25,31)(H,26,28)(H,27,30)/t16-,20-/m0/s1. The summed E-state index contributed by atoms with van der Waals surface area (Å²) in [6.07, 6.45) is 0.826. The summed E-state index contributed by atoms with van der Waals surface area (Å²) in [4.78, 5) is 48.8. The van der Waals surface area contributed by atoms with E-state index in [2.05, 4.69) is 21.5 Å². The summed E-state index contributed by atoms with van der Waals surface area (Å²) in [7, 11) is 0. The number of nitrogens with one attached hydrogen (secondary N) is 4. The van der Waals surface area contributed by atoms with Crippen LogP contribution in [0.5, 0.6) is 0 Å². The molecule has 0 saturated carbocycles. The smallest absolute Gasteiger partial charge is 0.322 e. The third kappa shape index (κ3) is 10.9. The first kappa shape index (κ1) is 27.1. The lowest BCUT2D eigenvalue weighted by Crippen LogP contribution is -2.56. The zero-order valence-electron chi connectivity index (χ0n) is 19.8. The Morgan fingerprint density at radius 2 is 1.56 bits per heavy atom. The summed E-state index contributed by atoms with van der Waals surface area (Å²) >= 11 is 0. The number of aryl methyl sites for hydroxylation is 1. The van der Waals surface area contributed by atoms with Crippen LogP contribution in [0.15, 0.2) is 30.3 Å². The molecule has 0 radical (unpaired) electrons. The third-order valence-corrected chi connectivity index (χ3v) is 4.37. The highest BCUT2D eigenvalue weighted by Crippen LogP contribution is 2.07. The second kappa shape index (κ2) is 12.8. The fourth-order valence-electron chi connectivity index (χ4n) is 2.74. The maximum atomic E-state index is 12.6. The van der Waals surface area contributed by atoms with Crippen LogP contribution in [0.2, 0.25) is 0 Å². The monoisotopic (exact) mass is 448 g/mol. The van der Waals surface area contributed by atoms with Crippen LogP contribution in [0.1, 0.15) is 53.5 Å². The Bertz CT molecular complexity index is 774. The van der Waals surface area contributed by atoms with Crippen molar-refractivity contribution in [3.05, 3.63) is 35.9 Å². The summed E-state index contributed by atoms with van der Waals surface area (Å²) in [6.45, 7) is 10.2. The molecule has 0 fully saturated rings. The lowest BCUT2D eigenvalue weighted by molar-refractivity contribution is -0.153. The van der Waals surface area contributed by atoms with E-state index in [1.807, 2.05) is 44.2 Å². The molecule has 0 heterocycles. The number of hydrogen-bond donors (Lipinski definition) is 4. The number of hydrazine groups is 1. The highest BCUT2D eigenvalue weighted by atomic mass is 16.6. The van der Waals surface area contributed by atoms with E-state index in [1.54, 1.807) is 20.8 Å².